The first-order valence-electron chi connectivity index (χ1n) is 9.15. The second kappa shape index (κ2) is 7.37. The highest BCUT2D eigenvalue weighted by molar-refractivity contribution is 6.30. The number of aromatic amines is 1. The van der Waals surface area contributed by atoms with Crippen molar-refractivity contribution >= 4 is 34.1 Å². The van der Waals surface area contributed by atoms with Crippen molar-refractivity contribution in [3.05, 3.63) is 90.2 Å². The Labute approximate surface area is 172 Å². The summed E-state index contributed by atoms with van der Waals surface area (Å²) in [5.41, 5.74) is 5.62. The molecule has 5 aromatic rings. The van der Waals surface area contributed by atoms with Crippen molar-refractivity contribution in [3.63, 3.8) is 0 Å². The molecule has 3 aromatic carbocycles. The van der Waals surface area contributed by atoms with Gasteiger partial charge in [-0.05, 0) is 35.4 Å². The van der Waals surface area contributed by atoms with Crippen LogP contribution in [0.5, 0.6) is 0 Å². The fraction of sp³-hybridized carbons (Fsp3) is 0. The van der Waals surface area contributed by atoms with Gasteiger partial charge in [0, 0.05) is 16.3 Å². The van der Waals surface area contributed by atoms with Crippen molar-refractivity contribution in [3.8, 4) is 22.4 Å². The maximum absolute atomic E-state index is 6.12. The normalized spacial score (nSPS) is 10.9. The molecule has 29 heavy (non-hydrogen) atoms. The molecule has 6 heteroatoms. The van der Waals surface area contributed by atoms with Gasteiger partial charge in [0.25, 0.3) is 0 Å². The van der Waals surface area contributed by atoms with E-state index in [9.17, 15) is 0 Å². The largest absolute Gasteiger partial charge is 0.339 e. The van der Waals surface area contributed by atoms with Gasteiger partial charge in [0.2, 0.25) is 0 Å². The van der Waals surface area contributed by atoms with Gasteiger partial charge >= 0.3 is 0 Å². The Morgan fingerprint density at radius 3 is 2.41 bits per heavy atom. The van der Waals surface area contributed by atoms with Crippen LogP contribution in [0.2, 0.25) is 5.02 Å². The predicted molar refractivity (Wildman–Crippen MR) is 117 cm³/mol. The number of nitrogens with one attached hydrogen (secondary N) is 2. The molecule has 0 saturated heterocycles. The summed E-state index contributed by atoms with van der Waals surface area (Å²) in [6.07, 6.45) is 1.50. The Balaban J connectivity index is 1.61. The number of rotatable bonds is 4. The fourth-order valence-corrected chi connectivity index (χ4v) is 3.54. The van der Waals surface area contributed by atoms with Crippen LogP contribution in [0.1, 0.15) is 0 Å². The van der Waals surface area contributed by atoms with E-state index in [0.29, 0.717) is 16.5 Å². The molecule has 0 saturated carbocycles. The van der Waals surface area contributed by atoms with E-state index >= 15 is 0 Å². The SMILES string of the molecule is Clc1cccc(Nc2ncnc3n[nH]c(-c4cccc(-c5ccccc5)c4)c23)c1. The summed E-state index contributed by atoms with van der Waals surface area (Å²) in [7, 11) is 0. The van der Waals surface area contributed by atoms with E-state index in [1.165, 1.54) is 6.33 Å². The van der Waals surface area contributed by atoms with E-state index in [1.54, 1.807) is 0 Å². The minimum absolute atomic E-state index is 0.602. The first kappa shape index (κ1) is 17.4. The molecular formula is C23H16ClN5. The molecular weight excluding hydrogens is 382 g/mol. The third-order valence-corrected chi connectivity index (χ3v) is 4.93. The van der Waals surface area contributed by atoms with Crippen LogP contribution in [0.25, 0.3) is 33.4 Å². The van der Waals surface area contributed by atoms with Gasteiger partial charge in [-0.25, -0.2) is 9.97 Å². The highest BCUT2D eigenvalue weighted by Gasteiger charge is 2.15. The summed E-state index contributed by atoms with van der Waals surface area (Å²) >= 11 is 6.12. The van der Waals surface area contributed by atoms with E-state index in [-0.39, 0.29) is 0 Å². The van der Waals surface area contributed by atoms with Crippen LogP contribution in [0.3, 0.4) is 0 Å². The van der Waals surface area contributed by atoms with Gasteiger partial charge < -0.3 is 5.32 Å². The standard InChI is InChI=1S/C23H16ClN5/c24-18-10-5-11-19(13-18)27-22-20-21(28-29-23(20)26-14-25-22)17-9-4-8-16(12-17)15-6-2-1-3-7-15/h1-14H,(H2,25,26,27,28,29). The third kappa shape index (κ3) is 3.44. The van der Waals surface area contributed by atoms with Gasteiger partial charge in [-0.3, -0.25) is 5.10 Å². The Bertz CT molecular complexity index is 1300. The van der Waals surface area contributed by atoms with Gasteiger partial charge in [0.15, 0.2) is 5.65 Å². The van der Waals surface area contributed by atoms with Gasteiger partial charge in [0.1, 0.15) is 12.1 Å². The van der Waals surface area contributed by atoms with E-state index in [0.717, 1.165) is 33.5 Å². The zero-order chi connectivity index (χ0) is 19.6. The quantitative estimate of drug-likeness (QED) is 0.385. The Hall–Kier alpha value is -3.70. The third-order valence-electron chi connectivity index (χ3n) is 4.70. The van der Waals surface area contributed by atoms with Gasteiger partial charge in [0.05, 0.1) is 11.1 Å². The van der Waals surface area contributed by atoms with E-state index in [1.807, 2.05) is 48.5 Å². The molecule has 5 nitrogen and oxygen atoms in total. The van der Waals surface area contributed by atoms with Crippen LogP contribution in [-0.2, 0) is 0 Å². The molecule has 0 fully saturated rings. The minimum atomic E-state index is 0.602. The number of fused-ring (bicyclic) bond motifs is 1. The summed E-state index contributed by atoms with van der Waals surface area (Å²) < 4.78 is 0. The van der Waals surface area contributed by atoms with E-state index in [4.69, 9.17) is 11.6 Å². The number of halogens is 1. The predicted octanol–water partition coefficient (Wildman–Crippen LogP) is 6.08. The molecule has 0 amide bonds. The molecule has 0 bridgehead atoms. The average Bonchev–Trinajstić information content (AvgIpc) is 3.20. The van der Waals surface area contributed by atoms with Crippen LogP contribution >= 0.6 is 11.6 Å². The fourth-order valence-electron chi connectivity index (χ4n) is 3.35. The zero-order valence-electron chi connectivity index (χ0n) is 15.3. The summed E-state index contributed by atoms with van der Waals surface area (Å²) in [4.78, 5) is 8.75. The highest BCUT2D eigenvalue weighted by Crippen LogP contribution is 2.33. The lowest BCUT2D eigenvalue weighted by molar-refractivity contribution is 1.09. The molecule has 2 aromatic heterocycles. The van der Waals surface area contributed by atoms with E-state index < -0.39 is 0 Å². The maximum Gasteiger partial charge on any atom is 0.186 e. The highest BCUT2D eigenvalue weighted by atomic mass is 35.5. The molecule has 5 rings (SSSR count). The van der Waals surface area contributed by atoms with Gasteiger partial charge in [-0.1, -0.05) is 66.2 Å². The van der Waals surface area contributed by atoms with E-state index in [2.05, 4.69) is 55.8 Å². The van der Waals surface area contributed by atoms with Crippen molar-refractivity contribution in [2.75, 3.05) is 5.32 Å². The topological polar surface area (TPSA) is 66.5 Å². The summed E-state index contributed by atoms with van der Waals surface area (Å²) in [6.45, 7) is 0. The van der Waals surface area contributed by atoms with Crippen LogP contribution in [-0.4, -0.2) is 20.2 Å². The molecule has 2 N–H and O–H groups in total. The van der Waals surface area contributed by atoms with Crippen molar-refractivity contribution in [1.82, 2.24) is 20.2 Å². The van der Waals surface area contributed by atoms with Crippen molar-refractivity contribution in [2.45, 2.75) is 0 Å². The number of anilines is 2. The zero-order valence-corrected chi connectivity index (χ0v) is 16.1. The molecule has 0 spiro atoms. The van der Waals surface area contributed by atoms with Crippen molar-refractivity contribution < 1.29 is 0 Å². The number of hydrogen-bond acceptors (Lipinski definition) is 4. The minimum Gasteiger partial charge on any atom is -0.339 e. The van der Waals surface area contributed by atoms with Gasteiger partial charge in [-0.15, -0.1) is 0 Å². The number of H-pyrrole nitrogens is 1. The average molecular weight is 398 g/mol. The monoisotopic (exact) mass is 397 g/mol. The second-order valence-corrected chi connectivity index (χ2v) is 7.04. The van der Waals surface area contributed by atoms with Crippen LogP contribution in [0.15, 0.2) is 85.2 Å². The number of benzene rings is 3. The Morgan fingerprint density at radius 1 is 0.759 bits per heavy atom. The maximum atomic E-state index is 6.12. The number of nitrogens with zero attached hydrogens (tertiary/aromatic N) is 3. The molecule has 0 aliphatic rings. The van der Waals surface area contributed by atoms with Crippen molar-refractivity contribution in [2.24, 2.45) is 0 Å². The smallest absolute Gasteiger partial charge is 0.186 e. The molecule has 0 atom stereocenters. The van der Waals surface area contributed by atoms with Crippen molar-refractivity contribution in [1.29, 1.82) is 0 Å². The van der Waals surface area contributed by atoms with Crippen LogP contribution in [0, 0.1) is 0 Å². The molecule has 2 heterocycles. The lowest BCUT2D eigenvalue weighted by Crippen LogP contribution is -1.96. The van der Waals surface area contributed by atoms with Crippen LogP contribution in [0.4, 0.5) is 11.5 Å². The van der Waals surface area contributed by atoms with Gasteiger partial charge in [-0.2, -0.15) is 5.10 Å². The lowest BCUT2D eigenvalue weighted by Gasteiger charge is -2.09. The summed E-state index contributed by atoms with van der Waals surface area (Å²) in [6, 6.07) is 26.1. The number of hydrogen-bond donors (Lipinski definition) is 2. The Kier molecular flexibility index (Phi) is 4.42. The number of aromatic nitrogens is 4. The van der Waals surface area contributed by atoms with Crippen LogP contribution < -0.4 is 5.32 Å². The summed E-state index contributed by atoms with van der Waals surface area (Å²) in [5, 5.41) is 12.3. The first-order chi connectivity index (χ1) is 14.3. The Morgan fingerprint density at radius 2 is 1.55 bits per heavy atom. The second-order valence-electron chi connectivity index (χ2n) is 6.60. The molecule has 0 unspecified atom stereocenters. The molecule has 140 valence electrons. The molecule has 0 radical (unpaired) electrons. The molecule has 0 aliphatic heterocycles. The lowest BCUT2D eigenvalue weighted by atomic mass is 10.0. The molecule has 0 aliphatic carbocycles. The first-order valence-corrected chi connectivity index (χ1v) is 9.53. The summed E-state index contributed by atoms with van der Waals surface area (Å²) in [5.74, 6) is 0.672.